The van der Waals surface area contributed by atoms with E-state index in [2.05, 4.69) is 4.98 Å². The highest BCUT2D eigenvalue weighted by Crippen LogP contribution is 2.18. The van der Waals surface area contributed by atoms with Crippen molar-refractivity contribution < 1.29 is 9.52 Å². The van der Waals surface area contributed by atoms with Crippen molar-refractivity contribution >= 4 is 11.1 Å². The van der Waals surface area contributed by atoms with Crippen LogP contribution in [0.1, 0.15) is 23.9 Å². The number of rotatable bonds is 4. The summed E-state index contributed by atoms with van der Waals surface area (Å²) in [4.78, 5) is 16.6. The summed E-state index contributed by atoms with van der Waals surface area (Å²) in [6.45, 7) is 1.95. The first-order valence-electron chi connectivity index (χ1n) is 7.35. The van der Waals surface area contributed by atoms with E-state index in [0.717, 1.165) is 16.7 Å². The van der Waals surface area contributed by atoms with Crippen molar-refractivity contribution in [2.45, 2.75) is 26.2 Å². The minimum atomic E-state index is -0.175. The molecule has 0 radical (unpaired) electrons. The van der Waals surface area contributed by atoms with E-state index < -0.39 is 0 Å². The summed E-state index contributed by atoms with van der Waals surface area (Å²) in [7, 11) is 1.58. The Kier molecular flexibility index (Phi) is 3.71. The van der Waals surface area contributed by atoms with Crippen LogP contribution in [0.3, 0.4) is 0 Å². The highest BCUT2D eigenvalue weighted by molar-refractivity contribution is 5.72. The molecule has 114 valence electrons. The Morgan fingerprint density at radius 3 is 2.73 bits per heavy atom. The summed E-state index contributed by atoms with van der Waals surface area (Å²) < 4.78 is 6.96. The third-order valence-corrected chi connectivity index (χ3v) is 3.86. The van der Waals surface area contributed by atoms with Crippen LogP contribution in [-0.2, 0) is 26.3 Å². The third-order valence-electron chi connectivity index (χ3n) is 3.86. The average Bonchev–Trinajstić information content (AvgIpc) is 2.95. The summed E-state index contributed by atoms with van der Waals surface area (Å²) in [6.07, 6.45) is 1.76. The second-order valence-electron chi connectivity index (χ2n) is 5.31. The molecule has 0 amide bonds. The van der Waals surface area contributed by atoms with Crippen LogP contribution < -0.4 is 5.56 Å². The SMILES string of the molecule is CCc1cc(CCc2nc3ccccc3o2)c(=O)n(C)c1O. The van der Waals surface area contributed by atoms with Crippen LogP contribution in [0.5, 0.6) is 5.88 Å². The third kappa shape index (κ3) is 2.50. The Labute approximate surface area is 127 Å². The van der Waals surface area contributed by atoms with Crippen LogP contribution in [0.2, 0.25) is 0 Å². The van der Waals surface area contributed by atoms with Gasteiger partial charge in [0.25, 0.3) is 5.56 Å². The zero-order chi connectivity index (χ0) is 15.7. The van der Waals surface area contributed by atoms with Gasteiger partial charge in [-0.25, -0.2) is 4.98 Å². The largest absolute Gasteiger partial charge is 0.494 e. The standard InChI is InChI=1S/C17H18N2O3/c1-3-11-10-12(17(21)19(2)16(11)20)8-9-15-18-13-6-4-5-7-14(13)22-15/h4-7,10,20H,3,8-9H2,1-2H3. The van der Waals surface area contributed by atoms with Crippen molar-refractivity contribution in [2.24, 2.45) is 7.05 Å². The molecule has 0 unspecified atom stereocenters. The Bertz CT molecular complexity index is 844. The van der Waals surface area contributed by atoms with E-state index in [0.29, 0.717) is 30.7 Å². The topological polar surface area (TPSA) is 68.3 Å². The number of aryl methyl sites for hydroxylation is 3. The molecule has 0 spiro atoms. The van der Waals surface area contributed by atoms with Gasteiger partial charge in [0.15, 0.2) is 17.4 Å². The van der Waals surface area contributed by atoms with E-state index in [1.54, 1.807) is 13.1 Å². The number of oxazole rings is 1. The maximum Gasteiger partial charge on any atom is 0.256 e. The molecule has 0 aliphatic rings. The van der Waals surface area contributed by atoms with Gasteiger partial charge in [0.2, 0.25) is 0 Å². The molecule has 0 aliphatic carbocycles. The Balaban J connectivity index is 1.87. The first-order chi connectivity index (χ1) is 10.6. The first kappa shape index (κ1) is 14.4. The van der Waals surface area contributed by atoms with Gasteiger partial charge in [0.05, 0.1) is 0 Å². The number of para-hydroxylation sites is 2. The Morgan fingerprint density at radius 2 is 2.00 bits per heavy atom. The quantitative estimate of drug-likeness (QED) is 0.804. The predicted octanol–water partition coefficient (Wildman–Crippen LogP) is 2.58. The molecule has 2 heterocycles. The maximum absolute atomic E-state index is 12.2. The minimum Gasteiger partial charge on any atom is -0.494 e. The monoisotopic (exact) mass is 298 g/mol. The van der Waals surface area contributed by atoms with E-state index in [-0.39, 0.29) is 11.4 Å². The number of aromatic hydroxyl groups is 1. The minimum absolute atomic E-state index is 0.0399. The second-order valence-corrected chi connectivity index (χ2v) is 5.31. The molecule has 1 aromatic carbocycles. The molecule has 1 N–H and O–H groups in total. The lowest BCUT2D eigenvalue weighted by Gasteiger charge is -2.09. The van der Waals surface area contributed by atoms with Crippen molar-refractivity contribution in [1.29, 1.82) is 0 Å². The maximum atomic E-state index is 12.2. The summed E-state index contributed by atoms with van der Waals surface area (Å²) in [5.74, 6) is 0.660. The smallest absolute Gasteiger partial charge is 0.256 e. The van der Waals surface area contributed by atoms with Crippen molar-refractivity contribution in [3.63, 3.8) is 0 Å². The van der Waals surface area contributed by atoms with Crippen molar-refractivity contribution in [1.82, 2.24) is 9.55 Å². The lowest BCUT2D eigenvalue weighted by molar-refractivity contribution is 0.415. The summed E-state index contributed by atoms with van der Waals surface area (Å²) in [5.41, 5.74) is 2.84. The van der Waals surface area contributed by atoms with Crippen molar-refractivity contribution in [3.05, 3.63) is 57.7 Å². The molecule has 0 aliphatic heterocycles. The van der Waals surface area contributed by atoms with Gasteiger partial charge in [-0.1, -0.05) is 19.1 Å². The van der Waals surface area contributed by atoms with E-state index in [1.807, 2.05) is 31.2 Å². The zero-order valence-corrected chi connectivity index (χ0v) is 12.7. The molecule has 3 rings (SSSR count). The number of hydrogen-bond acceptors (Lipinski definition) is 4. The number of fused-ring (bicyclic) bond motifs is 1. The van der Waals surface area contributed by atoms with E-state index >= 15 is 0 Å². The van der Waals surface area contributed by atoms with Crippen LogP contribution in [0.25, 0.3) is 11.1 Å². The fourth-order valence-electron chi connectivity index (χ4n) is 2.57. The molecule has 22 heavy (non-hydrogen) atoms. The van der Waals surface area contributed by atoms with Gasteiger partial charge in [-0.3, -0.25) is 9.36 Å². The Hall–Kier alpha value is -2.56. The molecular formula is C17H18N2O3. The van der Waals surface area contributed by atoms with Gasteiger partial charge in [0.1, 0.15) is 5.52 Å². The molecule has 5 nitrogen and oxygen atoms in total. The number of aromatic nitrogens is 2. The van der Waals surface area contributed by atoms with Gasteiger partial charge in [-0.15, -0.1) is 0 Å². The fourth-order valence-corrected chi connectivity index (χ4v) is 2.57. The lowest BCUT2D eigenvalue weighted by atomic mass is 10.1. The van der Waals surface area contributed by atoms with E-state index in [4.69, 9.17) is 4.42 Å². The molecule has 5 heteroatoms. The predicted molar refractivity (Wildman–Crippen MR) is 84.1 cm³/mol. The van der Waals surface area contributed by atoms with Crippen molar-refractivity contribution in [3.8, 4) is 5.88 Å². The lowest BCUT2D eigenvalue weighted by Crippen LogP contribution is -2.22. The normalized spacial score (nSPS) is 11.2. The fraction of sp³-hybridized carbons (Fsp3) is 0.294. The van der Waals surface area contributed by atoms with Crippen molar-refractivity contribution in [2.75, 3.05) is 0 Å². The summed E-state index contributed by atoms with van der Waals surface area (Å²) >= 11 is 0. The first-order valence-corrected chi connectivity index (χ1v) is 7.35. The van der Waals surface area contributed by atoms with E-state index in [9.17, 15) is 9.90 Å². The molecule has 0 atom stereocenters. The van der Waals surface area contributed by atoms with Gasteiger partial charge in [-0.2, -0.15) is 0 Å². The molecule has 0 fully saturated rings. The van der Waals surface area contributed by atoms with Gasteiger partial charge >= 0.3 is 0 Å². The van der Waals surface area contributed by atoms with Crippen LogP contribution in [-0.4, -0.2) is 14.7 Å². The number of hydrogen-bond donors (Lipinski definition) is 1. The molecule has 3 aromatic rings. The van der Waals surface area contributed by atoms with E-state index in [1.165, 1.54) is 4.57 Å². The zero-order valence-electron chi connectivity index (χ0n) is 12.7. The molecule has 0 saturated carbocycles. The summed E-state index contributed by atoms with van der Waals surface area (Å²) in [6, 6.07) is 9.37. The van der Waals surface area contributed by atoms with Gasteiger partial charge in [0, 0.05) is 24.6 Å². The average molecular weight is 298 g/mol. The van der Waals surface area contributed by atoms with Crippen LogP contribution in [0, 0.1) is 0 Å². The van der Waals surface area contributed by atoms with Crippen LogP contribution in [0.4, 0.5) is 0 Å². The highest BCUT2D eigenvalue weighted by Gasteiger charge is 2.12. The van der Waals surface area contributed by atoms with Gasteiger partial charge in [-0.05, 0) is 31.0 Å². The molecule has 2 aromatic heterocycles. The van der Waals surface area contributed by atoms with Gasteiger partial charge < -0.3 is 9.52 Å². The summed E-state index contributed by atoms with van der Waals surface area (Å²) in [5, 5.41) is 9.92. The molecule has 0 bridgehead atoms. The number of benzene rings is 1. The van der Waals surface area contributed by atoms with Crippen LogP contribution >= 0.6 is 0 Å². The van der Waals surface area contributed by atoms with Crippen LogP contribution in [0.15, 0.2) is 39.5 Å². The Morgan fingerprint density at radius 1 is 1.23 bits per heavy atom. The second kappa shape index (κ2) is 5.67. The number of nitrogens with zero attached hydrogens (tertiary/aromatic N) is 2. The number of pyridine rings is 1. The molecular weight excluding hydrogens is 280 g/mol. The molecule has 0 saturated heterocycles. The highest BCUT2D eigenvalue weighted by atomic mass is 16.3.